The summed E-state index contributed by atoms with van der Waals surface area (Å²) in [5, 5.41) is 9.83. The number of aryl methyl sites for hydroxylation is 1. The third-order valence-corrected chi connectivity index (χ3v) is 3.33. The summed E-state index contributed by atoms with van der Waals surface area (Å²) in [5.41, 5.74) is 1.30. The van der Waals surface area contributed by atoms with Gasteiger partial charge >= 0.3 is 0 Å². The van der Waals surface area contributed by atoms with E-state index in [2.05, 4.69) is 6.92 Å². The average molecular weight is 248 g/mol. The molecule has 1 rings (SSSR count). The zero-order chi connectivity index (χ0) is 13.2. The number of rotatable bonds is 9. The summed E-state index contributed by atoms with van der Waals surface area (Å²) in [7, 11) is 0. The number of phenols is 1. The predicted octanol–water partition coefficient (Wildman–Crippen LogP) is 4.50. The molecule has 2 nitrogen and oxygen atoms in total. The van der Waals surface area contributed by atoms with Crippen molar-refractivity contribution in [3.8, 4) is 5.75 Å². The molecule has 1 aromatic carbocycles. The zero-order valence-electron chi connectivity index (χ0n) is 11.3. The van der Waals surface area contributed by atoms with Crippen LogP contribution >= 0.6 is 0 Å². The van der Waals surface area contributed by atoms with Gasteiger partial charge in [0.25, 0.3) is 0 Å². The molecule has 0 aromatic heterocycles. The van der Waals surface area contributed by atoms with Gasteiger partial charge in [0.1, 0.15) is 5.75 Å². The third-order valence-electron chi connectivity index (χ3n) is 3.33. The van der Waals surface area contributed by atoms with E-state index < -0.39 is 0 Å². The average Bonchev–Trinajstić information content (AvgIpc) is 2.39. The van der Waals surface area contributed by atoms with Gasteiger partial charge in [-0.05, 0) is 24.5 Å². The molecule has 0 heterocycles. The summed E-state index contributed by atoms with van der Waals surface area (Å²) < 4.78 is 0. The molecule has 0 aliphatic rings. The molecule has 1 aromatic rings. The number of hydrogen-bond acceptors (Lipinski definition) is 2. The summed E-state index contributed by atoms with van der Waals surface area (Å²) in [6, 6.07) is 5.38. The van der Waals surface area contributed by atoms with Crippen LogP contribution in [0.1, 0.15) is 67.8 Å². The SMILES string of the molecule is CCCCCCCCCc1cccc(C=O)c1O. The molecule has 0 saturated heterocycles. The van der Waals surface area contributed by atoms with Gasteiger partial charge in [0, 0.05) is 0 Å². The number of benzene rings is 1. The van der Waals surface area contributed by atoms with Crippen LogP contribution in [-0.4, -0.2) is 11.4 Å². The van der Waals surface area contributed by atoms with Crippen LogP contribution in [0.5, 0.6) is 5.75 Å². The van der Waals surface area contributed by atoms with Crippen LogP contribution in [0.25, 0.3) is 0 Å². The molecule has 0 atom stereocenters. The normalized spacial score (nSPS) is 10.5. The second-order valence-electron chi connectivity index (χ2n) is 4.84. The maximum Gasteiger partial charge on any atom is 0.153 e. The molecular weight excluding hydrogens is 224 g/mol. The van der Waals surface area contributed by atoms with E-state index in [1.165, 1.54) is 38.5 Å². The lowest BCUT2D eigenvalue weighted by Gasteiger charge is -2.06. The number of aldehydes is 1. The smallest absolute Gasteiger partial charge is 0.153 e. The molecule has 18 heavy (non-hydrogen) atoms. The summed E-state index contributed by atoms with van der Waals surface area (Å²) >= 11 is 0. The van der Waals surface area contributed by atoms with Crippen molar-refractivity contribution in [3.63, 3.8) is 0 Å². The lowest BCUT2D eigenvalue weighted by Crippen LogP contribution is -1.91. The molecule has 0 radical (unpaired) electrons. The van der Waals surface area contributed by atoms with Gasteiger partial charge in [-0.2, -0.15) is 0 Å². The largest absolute Gasteiger partial charge is 0.507 e. The van der Waals surface area contributed by atoms with Gasteiger partial charge in [0.05, 0.1) is 5.56 Å². The molecule has 1 N–H and O–H groups in total. The molecule has 0 spiro atoms. The number of carbonyl (C=O) groups is 1. The number of hydrogen-bond donors (Lipinski definition) is 1. The van der Waals surface area contributed by atoms with E-state index in [1.807, 2.05) is 12.1 Å². The van der Waals surface area contributed by atoms with Crippen LogP contribution in [0, 0.1) is 0 Å². The van der Waals surface area contributed by atoms with Gasteiger partial charge < -0.3 is 5.11 Å². The van der Waals surface area contributed by atoms with Crippen molar-refractivity contribution < 1.29 is 9.90 Å². The number of carbonyl (C=O) groups excluding carboxylic acids is 1. The molecule has 0 amide bonds. The lowest BCUT2D eigenvalue weighted by atomic mass is 10.0. The Kier molecular flexibility index (Phi) is 7.16. The Morgan fingerprint density at radius 1 is 1.06 bits per heavy atom. The number of para-hydroxylation sites is 1. The quantitative estimate of drug-likeness (QED) is 0.516. The molecule has 0 aliphatic carbocycles. The van der Waals surface area contributed by atoms with Crippen LogP contribution in [0.2, 0.25) is 0 Å². The molecule has 0 unspecified atom stereocenters. The molecular formula is C16H24O2. The van der Waals surface area contributed by atoms with Crippen molar-refractivity contribution >= 4 is 6.29 Å². The minimum absolute atomic E-state index is 0.165. The molecule has 0 saturated carbocycles. The maximum atomic E-state index is 10.7. The van der Waals surface area contributed by atoms with Crippen molar-refractivity contribution in [1.82, 2.24) is 0 Å². The Balaban J connectivity index is 2.25. The highest BCUT2D eigenvalue weighted by Gasteiger charge is 2.05. The fraction of sp³-hybridized carbons (Fsp3) is 0.562. The first-order chi connectivity index (χ1) is 8.79. The summed E-state index contributed by atoms with van der Waals surface area (Å²) in [6.07, 6.45) is 10.4. The first-order valence-corrected chi connectivity index (χ1v) is 7.05. The summed E-state index contributed by atoms with van der Waals surface area (Å²) in [5.74, 6) is 0.165. The van der Waals surface area contributed by atoms with E-state index in [-0.39, 0.29) is 5.75 Å². The third kappa shape index (κ3) is 4.91. The lowest BCUT2D eigenvalue weighted by molar-refractivity contribution is 0.112. The van der Waals surface area contributed by atoms with Crippen molar-refractivity contribution in [2.75, 3.05) is 0 Å². The number of phenolic OH excluding ortho intramolecular Hbond substituents is 1. The van der Waals surface area contributed by atoms with E-state index >= 15 is 0 Å². The van der Waals surface area contributed by atoms with Crippen LogP contribution < -0.4 is 0 Å². The van der Waals surface area contributed by atoms with Gasteiger partial charge in [-0.3, -0.25) is 4.79 Å². The second-order valence-corrected chi connectivity index (χ2v) is 4.84. The van der Waals surface area contributed by atoms with Crippen molar-refractivity contribution in [1.29, 1.82) is 0 Å². The number of unbranched alkanes of at least 4 members (excludes halogenated alkanes) is 6. The van der Waals surface area contributed by atoms with Gasteiger partial charge in [-0.15, -0.1) is 0 Å². The number of aromatic hydroxyl groups is 1. The van der Waals surface area contributed by atoms with Gasteiger partial charge in [0.15, 0.2) is 6.29 Å². The second kappa shape index (κ2) is 8.73. The molecule has 0 bridgehead atoms. The van der Waals surface area contributed by atoms with Crippen LogP contribution in [0.3, 0.4) is 0 Å². The van der Waals surface area contributed by atoms with Gasteiger partial charge in [-0.1, -0.05) is 57.6 Å². The Bertz CT molecular complexity index is 358. The fourth-order valence-electron chi connectivity index (χ4n) is 2.18. The Morgan fingerprint density at radius 2 is 1.72 bits per heavy atom. The Labute approximate surface area is 110 Å². The zero-order valence-corrected chi connectivity index (χ0v) is 11.3. The van der Waals surface area contributed by atoms with Crippen LogP contribution in [-0.2, 0) is 6.42 Å². The van der Waals surface area contributed by atoms with E-state index in [4.69, 9.17) is 0 Å². The highest BCUT2D eigenvalue weighted by atomic mass is 16.3. The molecule has 100 valence electrons. The fourth-order valence-corrected chi connectivity index (χ4v) is 2.18. The highest BCUT2D eigenvalue weighted by Crippen LogP contribution is 2.23. The van der Waals surface area contributed by atoms with Crippen LogP contribution in [0.15, 0.2) is 18.2 Å². The van der Waals surface area contributed by atoms with E-state index in [0.29, 0.717) is 11.8 Å². The minimum atomic E-state index is 0.165. The Morgan fingerprint density at radius 3 is 2.39 bits per heavy atom. The van der Waals surface area contributed by atoms with Crippen molar-refractivity contribution in [2.24, 2.45) is 0 Å². The van der Waals surface area contributed by atoms with Gasteiger partial charge in [0.2, 0.25) is 0 Å². The highest BCUT2D eigenvalue weighted by molar-refractivity contribution is 5.79. The van der Waals surface area contributed by atoms with E-state index in [9.17, 15) is 9.90 Å². The first-order valence-electron chi connectivity index (χ1n) is 7.05. The van der Waals surface area contributed by atoms with Gasteiger partial charge in [-0.25, -0.2) is 0 Å². The van der Waals surface area contributed by atoms with Crippen LogP contribution in [0.4, 0.5) is 0 Å². The molecule has 0 fully saturated rings. The monoisotopic (exact) mass is 248 g/mol. The predicted molar refractivity (Wildman–Crippen MR) is 75.2 cm³/mol. The standard InChI is InChI=1S/C16H24O2/c1-2-3-4-5-6-7-8-10-14-11-9-12-15(13-17)16(14)18/h9,11-13,18H,2-8,10H2,1H3. The summed E-state index contributed by atoms with van der Waals surface area (Å²) in [4.78, 5) is 10.7. The molecule has 0 aliphatic heterocycles. The summed E-state index contributed by atoms with van der Waals surface area (Å²) in [6.45, 7) is 2.22. The molecule has 2 heteroatoms. The topological polar surface area (TPSA) is 37.3 Å². The van der Waals surface area contributed by atoms with E-state index in [1.54, 1.807) is 6.07 Å². The minimum Gasteiger partial charge on any atom is -0.507 e. The Hall–Kier alpha value is -1.31. The first kappa shape index (κ1) is 14.7. The van der Waals surface area contributed by atoms with Crippen molar-refractivity contribution in [2.45, 2.75) is 58.3 Å². The maximum absolute atomic E-state index is 10.7. The van der Waals surface area contributed by atoms with E-state index in [0.717, 1.165) is 18.4 Å². The van der Waals surface area contributed by atoms with Crippen molar-refractivity contribution in [3.05, 3.63) is 29.3 Å².